The van der Waals surface area contributed by atoms with E-state index in [1.54, 1.807) is 42.5 Å². The Morgan fingerprint density at radius 3 is 2.27 bits per heavy atom. The summed E-state index contributed by atoms with van der Waals surface area (Å²) in [5.41, 5.74) is 4.72. The van der Waals surface area contributed by atoms with Crippen LogP contribution in [0.3, 0.4) is 0 Å². The lowest BCUT2D eigenvalue weighted by atomic mass is 10.1. The van der Waals surface area contributed by atoms with Crippen LogP contribution in [0.15, 0.2) is 84.1 Å². The minimum absolute atomic E-state index is 0.192. The number of carbonyl (C=O) groups excluding carboxylic acids is 2. The maximum absolute atomic E-state index is 12.2. The van der Waals surface area contributed by atoms with Gasteiger partial charge in [-0.1, -0.05) is 36.4 Å². The first-order valence-corrected chi connectivity index (χ1v) is 7.93. The molecule has 0 fully saturated rings. The second-order valence-corrected chi connectivity index (χ2v) is 5.36. The van der Waals surface area contributed by atoms with Crippen LogP contribution in [-0.2, 0) is 0 Å². The van der Waals surface area contributed by atoms with Crippen LogP contribution in [-0.4, -0.2) is 23.0 Å². The molecule has 3 rings (SSSR count). The molecule has 0 unspecified atom stereocenters. The van der Waals surface area contributed by atoms with E-state index in [2.05, 4.69) is 20.8 Å². The first kappa shape index (κ1) is 17.0. The van der Waals surface area contributed by atoms with Crippen LogP contribution in [0.25, 0.3) is 0 Å². The average molecular weight is 344 g/mol. The van der Waals surface area contributed by atoms with E-state index in [0.29, 0.717) is 5.56 Å². The SMILES string of the molecule is O=C(Nc1ccccc1)c1ccc(C=NNC(=O)c2ccccn2)cc1. The number of hydrogen-bond donors (Lipinski definition) is 2. The van der Waals surface area contributed by atoms with Gasteiger partial charge in [-0.25, -0.2) is 5.43 Å². The fraction of sp³-hybridized carbons (Fsp3) is 0. The Hall–Kier alpha value is -3.80. The number of aromatic nitrogens is 1. The molecule has 0 aliphatic carbocycles. The first-order valence-electron chi connectivity index (χ1n) is 7.93. The quantitative estimate of drug-likeness (QED) is 0.551. The Balaban J connectivity index is 1.57. The van der Waals surface area contributed by atoms with E-state index in [4.69, 9.17) is 0 Å². The van der Waals surface area contributed by atoms with Crippen molar-refractivity contribution in [2.45, 2.75) is 0 Å². The molecule has 1 aromatic heterocycles. The molecule has 128 valence electrons. The van der Waals surface area contributed by atoms with Gasteiger partial charge in [-0.15, -0.1) is 0 Å². The van der Waals surface area contributed by atoms with Crippen molar-refractivity contribution in [2.75, 3.05) is 5.32 Å². The normalized spacial score (nSPS) is 10.5. The number of benzene rings is 2. The van der Waals surface area contributed by atoms with E-state index in [-0.39, 0.29) is 17.5 Å². The molecule has 0 radical (unpaired) electrons. The third-order valence-corrected chi connectivity index (χ3v) is 3.48. The van der Waals surface area contributed by atoms with Crippen molar-refractivity contribution in [1.29, 1.82) is 0 Å². The molecule has 0 saturated carbocycles. The number of rotatable bonds is 5. The molecule has 0 aliphatic heterocycles. The van der Waals surface area contributed by atoms with E-state index in [1.807, 2.05) is 30.3 Å². The van der Waals surface area contributed by atoms with E-state index in [9.17, 15) is 9.59 Å². The molecule has 3 aromatic rings. The van der Waals surface area contributed by atoms with Crippen molar-refractivity contribution < 1.29 is 9.59 Å². The second kappa shape index (κ2) is 8.34. The Morgan fingerprint density at radius 1 is 0.846 bits per heavy atom. The van der Waals surface area contributed by atoms with Gasteiger partial charge in [0.1, 0.15) is 5.69 Å². The average Bonchev–Trinajstić information content (AvgIpc) is 2.70. The molecule has 2 N–H and O–H groups in total. The van der Waals surface area contributed by atoms with Crippen LogP contribution in [0.2, 0.25) is 0 Å². The van der Waals surface area contributed by atoms with Crippen molar-refractivity contribution in [2.24, 2.45) is 5.10 Å². The topological polar surface area (TPSA) is 83.5 Å². The Labute approximate surface area is 150 Å². The van der Waals surface area contributed by atoms with Crippen molar-refractivity contribution in [3.05, 3.63) is 95.8 Å². The van der Waals surface area contributed by atoms with Gasteiger partial charge in [-0.3, -0.25) is 14.6 Å². The molecule has 0 atom stereocenters. The summed E-state index contributed by atoms with van der Waals surface area (Å²) in [7, 11) is 0. The Morgan fingerprint density at radius 2 is 1.58 bits per heavy atom. The smallest absolute Gasteiger partial charge is 0.289 e. The molecule has 2 amide bonds. The number of hydrazone groups is 1. The summed E-state index contributed by atoms with van der Waals surface area (Å²) < 4.78 is 0. The van der Waals surface area contributed by atoms with Gasteiger partial charge in [0, 0.05) is 17.4 Å². The minimum atomic E-state index is -0.388. The first-order chi connectivity index (χ1) is 12.7. The van der Waals surface area contributed by atoms with Gasteiger partial charge in [0.05, 0.1) is 6.21 Å². The van der Waals surface area contributed by atoms with E-state index < -0.39 is 0 Å². The summed E-state index contributed by atoms with van der Waals surface area (Å²) in [5.74, 6) is -0.580. The molecule has 0 bridgehead atoms. The third-order valence-electron chi connectivity index (χ3n) is 3.48. The highest BCUT2D eigenvalue weighted by Gasteiger charge is 2.06. The van der Waals surface area contributed by atoms with Gasteiger partial charge in [0.2, 0.25) is 0 Å². The standard InChI is InChI=1S/C20H16N4O2/c25-19(23-17-6-2-1-3-7-17)16-11-9-15(10-12-16)14-22-24-20(26)18-8-4-5-13-21-18/h1-14H,(H,23,25)(H,24,26). The summed E-state index contributed by atoms with van der Waals surface area (Å²) >= 11 is 0. The zero-order valence-electron chi connectivity index (χ0n) is 13.8. The van der Waals surface area contributed by atoms with Gasteiger partial charge in [0.15, 0.2) is 0 Å². The summed E-state index contributed by atoms with van der Waals surface area (Å²) in [6, 6.07) is 21.2. The number of carbonyl (C=O) groups is 2. The number of amides is 2. The van der Waals surface area contributed by atoms with Crippen LogP contribution in [0.1, 0.15) is 26.4 Å². The number of pyridine rings is 1. The van der Waals surface area contributed by atoms with Gasteiger partial charge in [-0.05, 0) is 42.0 Å². The number of nitrogens with one attached hydrogen (secondary N) is 2. The van der Waals surface area contributed by atoms with E-state index in [1.165, 1.54) is 12.4 Å². The fourth-order valence-electron chi connectivity index (χ4n) is 2.17. The molecule has 1 heterocycles. The monoisotopic (exact) mass is 344 g/mol. The van der Waals surface area contributed by atoms with Crippen molar-refractivity contribution in [3.8, 4) is 0 Å². The molecule has 0 saturated heterocycles. The Kier molecular flexibility index (Phi) is 5.47. The predicted molar refractivity (Wildman–Crippen MR) is 100 cm³/mol. The highest BCUT2D eigenvalue weighted by molar-refractivity contribution is 6.04. The van der Waals surface area contributed by atoms with Gasteiger partial charge >= 0.3 is 0 Å². The molecule has 6 heteroatoms. The highest BCUT2D eigenvalue weighted by Crippen LogP contribution is 2.09. The molecule has 0 spiro atoms. The van der Waals surface area contributed by atoms with Crippen LogP contribution in [0, 0.1) is 0 Å². The van der Waals surface area contributed by atoms with Crippen molar-refractivity contribution in [3.63, 3.8) is 0 Å². The van der Waals surface area contributed by atoms with Crippen LogP contribution in [0.4, 0.5) is 5.69 Å². The Bertz CT molecular complexity index is 908. The summed E-state index contributed by atoms with van der Waals surface area (Å²) in [6.45, 7) is 0. The van der Waals surface area contributed by atoms with Gasteiger partial charge in [0.25, 0.3) is 11.8 Å². The lowest BCUT2D eigenvalue weighted by Gasteiger charge is -2.05. The lowest BCUT2D eigenvalue weighted by molar-refractivity contribution is 0.0949. The number of para-hydroxylation sites is 1. The molecular weight excluding hydrogens is 328 g/mol. The zero-order chi connectivity index (χ0) is 18.2. The molecular formula is C20H16N4O2. The third kappa shape index (κ3) is 4.61. The molecule has 0 aliphatic rings. The summed E-state index contributed by atoms with van der Waals surface area (Å²) in [5, 5.41) is 6.71. The van der Waals surface area contributed by atoms with Crippen LogP contribution in [0.5, 0.6) is 0 Å². The highest BCUT2D eigenvalue weighted by atomic mass is 16.2. The molecule has 6 nitrogen and oxygen atoms in total. The van der Waals surface area contributed by atoms with Crippen molar-refractivity contribution in [1.82, 2.24) is 10.4 Å². The number of anilines is 1. The van der Waals surface area contributed by atoms with Crippen LogP contribution < -0.4 is 10.7 Å². The van der Waals surface area contributed by atoms with E-state index in [0.717, 1.165) is 11.3 Å². The zero-order valence-corrected chi connectivity index (χ0v) is 13.8. The minimum Gasteiger partial charge on any atom is -0.322 e. The molecule has 2 aromatic carbocycles. The maximum Gasteiger partial charge on any atom is 0.289 e. The molecule has 26 heavy (non-hydrogen) atoms. The van der Waals surface area contributed by atoms with Gasteiger partial charge in [-0.2, -0.15) is 5.10 Å². The fourth-order valence-corrected chi connectivity index (χ4v) is 2.17. The second-order valence-electron chi connectivity index (χ2n) is 5.36. The van der Waals surface area contributed by atoms with Gasteiger partial charge < -0.3 is 5.32 Å². The van der Waals surface area contributed by atoms with Crippen molar-refractivity contribution >= 4 is 23.7 Å². The van der Waals surface area contributed by atoms with Crippen LogP contribution >= 0.6 is 0 Å². The summed E-state index contributed by atoms with van der Waals surface area (Å²) in [6.07, 6.45) is 3.04. The number of hydrogen-bond acceptors (Lipinski definition) is 4. The lowest BCUT2D eigenvalue weighted by Crippen LogP contribution is -2.18. The maximum atomic E-state index is 12.2. The largest absolute Gasteiger partial charge is 0.322 e. The summed E-state index contributed by atoms with van der Waals surface area (Å²) in [4.78, 5) is 27.9. The number of nitrogens with zero attached hydrogens (tertiary/aromatic N) is 2. The predicted octanol–water partition coefficient (Wildman–Crippen LogP) is 3.10. The van der Waals surface area contributed by atoms with E-state index >= 15 is 0 Å².